The van der Waals surface area contributed by atoms with Gasteiger partial charge in [0.25, 0.3) is 0 Å². The average Bonchev–Trinajstić information content (AvgIpc) is 2.98. The first-order chi connectivity index (χ1) is 11.6. The van der Waals surface area contributed by atoms with Crippen molar-refractivity contribution >= 4 is 37.9 Å². The van der Waals surface area contributed by atoms with Gasteiger partial charge in [-0.05, 0) is 75.2 Å². The Hall–Kier alpha value is -1.85. The smallest absolute Gasteiger partial charge is 0.119 e. The quantitative estimate of drug-likeness (QED) is 0.494. The lowest BCUT2D eigenvalue weighted by Gasteiger charge is -2.08. The summed E-state index contributed by atoms with van der Waals surface area (Å²) in [5, 5.41) is 4.71. The molecule has 0 fully saturated rings. The van der Waals surface area contributed by atoms with Crippen molar-refractivity contribution in [3.05, 3.63) is 69.2 Å². The summed E-state index contributed by atoms with van der Waals surface area (Å²) in [6, 6.07) is 18.4. The molecule has 0 atom stereocenters. The third-order valence-electron chi connectivity index (χ3n) is 3.65. The van der Waals surface area contributed by atoms with E-state index in [0.29, 0.717) is 0 Å². The number of halogens is 2. The lowest BCUT2D eigenvalue weighted by molar-refractivity contribution is 0.414. The summed E-state index contributed by atoms with van der Waals surface area (Å²) in [5.41, 5.74) is 5.24. The minimum atomic E-state index is 0.825. The zero-order chi connectivity index (χ0) is 17.1. The van der Waals surface area contributed by atoms with E-state index in [9.17, 15) is 0 Å². The third-order valence-corrected chi connectivity index (χ3v) is 4.11. The van der Waals surface area contributed by atoms with Crippen LogP contribution in [0.3, 0.4) is 0 Å². The Bertz CT molecular complexity index is 861. The van der Waals surface area contributed by atoms with E-state index < -0.39 is 0 Å². The van der Waals surface area contributed by atoms with Gasteiger partial charge in [-0.25, -0.2) is 4.68 Å². The van der Waals surface area contributed by atoms with Gasteiger partial charge in [-0.2, -0.15) is 5.10 Å². The van der Waals surface area contributed by atoms with E-state index in [2.05, 4.69) is 69.1 Å². The van der Waals surface area contributed by atoms with Crippen LogP contribution < -0.4 is 4.74 Å². The molecule has 122 valence electrons. The molecule has 24 heavy (non-hydrogen) atoms. The minimum Gasteiger partial charge on any atom is -0.497 e. The summed E-state index contributed by atoms with van der Waals surface area (Å²) < 4.78 is 8.03. The van der Waals surface area contributed by atoms with Crippen LogP contribution in [0.1, 0.15) is 11.3 Å². The molecule has 5 heteroatoms. The molecule has 0 amide bonds. The van der Waals surface area contributed by atoms with Gasteiger partial charge >= 0.3 is 0 Å². The molecular formula is C19H16Br2N2O. The highest BCUT2D eigenvalue weighted by Crippen LogP contribution is 2.27. The summed E-state index contributed by atoms with van der Waals surface area (Å²) >= 11 is 6.80. The summed E-state index contributed by atoms with van der Waals surface area (Å²) in [4.78, 5) is 0. The Morgan fingerprint density at radius 2 is 1.71 bits per heavy atom. The predicted octanol–water partition coefficient (Wildman–Crippen LogP) is 5.94. The summed E-state index contributed by atoms with van der Waals surface area (Å²) in [5.74, 6) is 0.825. The van der Waals surface area contributed by atoms with Gasteiger partial charge in [0.05, 0.1) is 27.6 Å². The maximum Gasteiger partial charge on any atom is 0.119 e. The monoisotopic (exact) mass is 446 g/mol. The standard InChI is InChI=1S/C19H16Br2N2O/c1-13-3-5-14(6-4-13)18-11-15(12-19(20)21)22-23(18)16-7-9-17(24-2)10-8-16/h3-12H,1-2H3. The number of ether oxygens (including phenoxy) is 1. The molecule has 0 radical (unpaired) electrons. The van der Waals surface area contributed by atoms with Gasteiger partial charge in [0.15, 0.2) is 0 Å². The maximum atomic E-state index is 5.24. The van der Waals surface area contributed by atoms with Crippen molar-refractivity contribution in [2.24, 2.45) is 0 Å². The van der Waals surface area contributed by atoms with E-state index >= 15 is 0 Å². The van der Waals surface area contributed by atoms with E-state index in [1.54, 1.807) is 7.11 Å². The maximum absolute atomic E-state index is 5.24. The molecule has 0 saturated heterocycles. The Morgan fingerprint density at radius 3 is 2.29 bits per heavy atom. The zero-order valence-corrected chi connectivity index (χ0v) is 16.5. The average molecular weight is 448 g/mol. The van der Waals surface area contributed by atoms with Crippen molar-refractivity contribution in [1.29, 1.82) is 0 Å². The fourth-order valence-electron chi connectivity index (χ4n) is 2.43. The highest BCUT2D eigenvalue weighted by Gasteiger charge is 2.11. The number of aromatic nitrogens is 2. The van der Waals surface area contributed by atoms with Crippen LogP contribution in [0.25, 0.3) is 23.0 Å². The zero-order valence-electron chi connectivity index (χ0n) is 13.3. The molecule has 0 aliphatic heterocycles. The second-order valence-corrected chi connectivity index (χ2v) is 8.14. The fourth-order valence-corrected chi connectivity index (χ4v) is 2.90. The highest BCUT2D eigenvalue weighted by molar-refractivity contribution is 9.28. The number of aryl methyl sites for hydroxylation is 1. The molecule has 0 aliphatic carbocycles. The largest absolute Gasteiger partial charge is 0.497 e. The lowest BCUT2D eigenvalue weighted by atomic mass is 10.1. The Kier molecular flexibility index (Phi) is 5.21. The van der Waals surface area contributed by atoms with Gasteiger partial charge in [0.1, 0.15) is 5.75 Å². The Morgan fingerprint density at radius 1 is 1.04 bits per heavy atom. The molecule has 0 bridgehead atoms. The molecule has 0 saturated carbocycles. The van der Waals surface area contributed by atoms with Crippen LogP contribution in [-0.4, -0.2) is 16.9 Å². The molecule has 3 aromatic rings. The van der Waals surface area contributed by atoms with Crippen molar-refractivity contribution in [2.75, 3.05) is 7.11 Å². The fraction of sp³-hybridized carbons (Fsp3) is 0.105. The van der Waals surface area contributed by atoms with Gasteiger partial charge < -0.3 is 4.74 Å². The van der Waals surface area contributed by atoms with E-state index in [1.165, 1.54) is 5.56 Å². The van der Waals surface area contributed by atoms with Crippen LogP contribution >= 0.6 is 31.9 Å². The van der Waals surface area contributed by atoms with Gasteiger partial charge in [-0.1, -0.05) is 29.8 Å². The number of rotatable bonds is 4. The number of nitrogens with zero attached hydrogens (tertiary/aromatic N) is 2. The first-order valence-corrected chi connectivity index (χ1v) is 8.99. The Labute approximate surface area is 158 Å². The van der Waals surface area contributed by atoms with Crippen molar-refractivity contribution < 1.29 is 4.74 Å². The molecule has 1 aromatic heterocycles. The molecule has 1 heterocycles. The van der Waals surface area contributed by atoms with Crippen LogP contribution in [0.2, 0.25) is 0 Å². The van der Waals surface area contributed by atoms with Gasteiger partial charge in [0.2, 0.25) is 0 Å². The van der Waals surface area contributed by atoms with Gasteiger partial charge in [-0.15, -0.1) is 0 Å². The SMILES string of the molecule is COc1ccc(-n2nc(C=C(Br)Br)cc2-c2ccc(C)cc2)cc1. The summed E-state index contributed by atoms with van der Waals surface area (Å²) in [6.07, 6.45) is 1.93. The predicted molar refractivity (Wildman–Crippen MR) is 106 cm³/mol. The first-order valence-electron chi connectivity index (χ1n) is 7.41. The second-order valence-electron chi connectivity index (χ2n) is 5.36. The number of methoxy groups -OCH3 is 1. The van der Waals surface area contributed by atoms with Crippen molar-refractivity contribution in [3.8, 4) is 22.7 Å². The molecule has 0 unspecified atom stereocenters. The van der Waals surface area contributed by atoms with Crippen LogP contribution in [0, 0.1) is 6.92 Å². The molecule has 3 rings (SSSR count). The van der Waals surface area contributed by atoms with E-state index in [-0.39, 0.29) is 0 Å². The highest BCUT2D eigenvalue weighted by atomic mass is 79.9. The van der Waals surface area contributed by atoms with Crippen molar-refractivity contribution in [3.63, 3.8) is 0 Å². The van der Waals surface area contributed by atoms with Gasteiger partial charge in [-0.3, -0.25) is 0 Å². The van der Waals surface area contributed by atoms with Crippen molar-refractivity contribution in [2.45, 2.75) is 6.92 Å². The lowest BCUT2D eigenvalue weighted by Crippen LogP contribution is -1.99. The topological polar surface area (TPSA) is 27.1 Å². The first kappa shape index (κ1) is 17.0. The molecule has 0 aliphatic rings. The number of benzene rings is 2. The normalized spacial score (nSPS) is 10.5. The van der Waals surface area contributed by atoms with Crippen LogP contribution in [0.5, 0.6) is 5.75 Å². The molecule has 2 aromatic carbocycles. The second kappa shape index (κ2) is 7.36. The number of hydrogen-bond donors (Lipinski definition) is 0. The molecule has 0 N–H and O–H groups in total. The van der Waals surface area contributed by atoms with Crippen LogP contribution in [0.4, 0.5) is 0 Å². The third kappa shape index (κ3) is 3.79. The number of hydrogen-bond acceptors (Lipinski definition) is 2. The molecular weight excluding hydrogens is 432 g/mol. The molecule has 0 spiro atoms. The minimum absolute atomic E-state index is 0.825. The van der Waals surface area contributed by atoms with Crippen LogP contribution in [-0.2, 0) is 0 Å². The summed E-state index contributed by atoms with van der Waals surface area (Å²) in [7, 11) is 1.66. The van der Waals surface area contributed by atoms with E-state index in [0.717, 1.165) is 31.8 Å². The van der Waals surface area contributed by atoms with E-state index in [4.69, 9.17) is 9.84 Å². The van der Waals surface area contributed by atoms with Crippen molar-refractivity contribution in [1.82, 2.24) is 9.78 Å². The molecule has 3 nitrogen and oxygen atoms in total. The summed E-state index contributed by atoms with van der Waals surface area (Å²) in [6.45, 7) is 2.08. The van der Waals surface area contributed by atoms with Gasteiger partial charge in [0, 0.05) is 5.56 Å². The van der Waals surface area contributed by atoms with Crippen LogP contribution in [0.15, 0.2) is 58.0 Å². The Balaban J connectivity index is 2.13. The van der Waals surface area contributed by atoms with E-state index in [1.807, 2.05) is 35.0 Å².